The van der Waals surface area contributed by atoms with E-state index in [4.69, 9.17) is 27.9 Å². The summed E-state index contributed by atoms with van der Waals surface area (Å²) in [6.07, 6.45) is -1.08. The molecule has 208 valence electrons. The summed E-state index contributed by atoms with van der Waals surface area (Å²) in [7, 11) is 1.53. The first-order valence-electron chi connectivity index (χ1n) is 12.4. The number of alkyl halides is 3. The van der Waals surface area contributed by atoms with E-state index < -0.39 is 11.7 Å². The Hall–Kier alpha value is -3.01. The van der Waals surface area contributed by atoms with Crippen molar-refractivity contribution in [2.75, 3.05) is 26.8 Å². The quantitative estimate of drug-likeness (QED) is 0.273. The molecule has 0 radical (unpaired) electrons. The topological polar surface area (TPSA) is 54.8 Å². The number of carbonyl (C=O) groups excluding carboxylic acids is 2. The van der Waals surface area contributed by atoms with Crippen LogP contribution < -0.4 is 0 Å². The molecule has 1 aliphatic rings. The lowest BCUT2D eigenvalue weighted by molar-refractivity contribution is -0.137. The molecule has 0 aliphatic heterocycles. The molecule has 2 amide bonds. The summed E-state index contributed by atoms with van der Waals surface area (Å²) >= 11 is 12.2. The zero-order chi connectivity index (χ0) is 28.2. The summed E-state index contributed by atoms with van der Waals surface area (Å²) in [6, 6.07) is 13.3. The van der Waals surface area contributed by atoms with Crippen molar-refractivity contribution in [3.8, 4) is 0 Å². The summed E-state index contributed by atoms with van der Waals surface area (Å²) in [5.74, 6) is -0.615. The van der Waals surface area contributed by atoms with Crippen molar-refractivity contribution >= 4 is 35.0 Å². The number of nitrogens with zero attached hydrogens (tertiary/aromatic N) is 3. The third kappa shape index (κ3) is 7.56. The first-order valence-corrected chi connectivity index (χ1v) is 13.2. The lowest BCUT2D eigenvalue weighted by atomic mass is 10.1. The van der Waals surface area contributed by atoms with Crippen molar-refractivity contribution in [1.82, 2.24) is 14.4 Å². The van der Waals surface area contributed by atoms with Crippen molar-refractivity contribution in [2.45, 2.75) is 38.1 Å². The maximum atomic E-state index is 13.5. The highest BCUT2D eigenvalue weighted by Crippen LogP contribution is 2.31. The maximum Gasteiger partial charge on any atom is 0.416 e. The van der Waals surface area contributed by atoms with E-state index >= 15 is 0 Å². The fourth-order valence-corrected chi connectivity index (χ4v) is 4.78. The molecule has 6 nitrogen and oxygen atoms in total. The lowest BCUT2D eigenvalue weighted by Gasteiger charge is -2.28. The van der Waals surface area contributed by atoms with Gasteiger partial charge in [0.05, 0.1) is 29.3 Å². The van der Waals surface area contributed by atoms with Gasteiger partial charge in [-0.2, -0.15) is 13.2 Å². The van der Waals surface area contributed by atoms with Crippen molar-refractivity contribution in [3.63, 3.8) is 0 Å². The summed E-state index contributed by atoms with van der Waals surface area (Å²) < 4.78 is 46.5. The van der Waals surface area contributed by atoms with Crippen LogP contribution in [0.2, 0.25) is 10.0 Å². The zero-order valence-corrected chi connectivity index (χ0v) is 22.8. The second-order valence-corrected chi connectivity index (χ2v) is 10.3. The molecule has 11 heteroatoms. The first-order chi connectivity index (χ1) is 18.6. The second-order valence-electron chi connectivity index (χ2n) is 9.42. The monoisotopic (exact) mass is 581 g/mol. The third-order valence-corrected chi connectivity index (χ3v) is 7.07. The van der Waals surface area contributed by atoms with Gasteiger partial charge in [-0.1, -0.05) is 35.3 Å². The Bertz CT molecular complexity index is 1320. The van der Waals surface area contributed by atoms with Crippen LogP contribution in [0.25, 0.3) is 0 Å². The van der Waals surface area contributed by atoms with Crippen molar-refractivity contribution in [3.05, 3.63) is 93.2 Å². The summed E-state index contributed by atoms with van der Waals surface area (Å²) in [4.78, 5) is 30.0. The number of amides is 2. The van der Waals surface area contributed by atoms with E-state index in [1.165, 1.54) is 19.2 Å². The fourth-order valence-electron chi connectivity index (χ4n) is 4.30. The molecule has 0 N–H and O–H groups in total. The molecule has 1 saturated carbocycles. The van der Waals surface area contributed by atoms with E-state index in [1.807, 2.05) is 6.07 Å². The molecule has 39 heavy (non-hydrogen) atoms. The van der Waals surface area contributed by atoms with Crippen LogP contribution >= 0.6 is 23.2 Å². The molecule has 0 atom stereocenters. The molecule has 0 unspecified atom stereocenters. The van der Waals surface area contributed by atoms with Crippen LogP contribution in [-0.2, 0) is 28.8 Å². The smallest absolute Gasteiger partial charge is 0.383 e. The molecule has 0 saturated heterocycles. The van der Waals surface area contributed by atoms with Crippen LogP contribution in [0.5, 0.6) is 0 Å². The Morgan fingerprint density at radius 1 is 1.08 bits per heavy atom. The number of rotatable bonds is 11. The molecule has 0 spiro atoms. The highest BCUT2D eigenvalue weighted by molar-refractivity contribution is 6.36. The molecule has 1 aliphatic carbocycles. The van der Waals surface area contributed by atoms with Gasteiger partial charge in [-0.15, -0.1) is 0 Å². The Labute approximate surface area is 234 Å². The average Bonchev–Trinajstić information content (AvgIpc) is 3.64. The van der Waals surface area contributed by atoms with E-state index in [9.17, 15) is 22.8 Å². The second kappa shape index (κ2) is 12.4. The highest BCUT2D eigenvalue weighted by atomic mass is 35.5. The fraction of sp³-hybridized carbons (Fsp3) is 0.357. The number of hydrogen-bond acceptors (Lipinski definition) is 3. The van der Waals surface area contributed by atoms with Crippen molar-refractivity contribution in [2.24, 2.45) is 0 Å². The minimum absolute atomic E-state index is 0.0535. The van der Waals surface area contributed by atoms with E-state index in [0.29, 0.717) is 10.6 Å². The average molecular weight is 582 g/mol. The van der Waals surface area contributed by atoms with Crippen molar-refractivity contribution in [1.29, 1.82) is 0 Å². The first kappa shape index (κ1) is 29.0. The normalized spacial score (nSPS) is 13.4. The van der Waals surface area contributed by atoms with Crippen LogP contribution in [0, 0.1) is 0 Å². The van der Waals surface area contributed by atoms with Gasteiger partial charge in [0, 0.05) is 43.2 Å². The van der Waals surface area contributed by atoms with Gasteiger partial charge in [-0.05, 0) is 60.9 Å². The van der Waals surface area contributed by atoms with Gasteiger partial charge in [-0.3, -0.25) is 9.59 Å². The lowest BCUT2D eigenvalue weighted by Crippen LogP contribution is -2.45. The van der Waals surface area contributed by atoms with Gasteiger partial charge >= 0.3 is 6.18 Å². The zero-order valence-electron chi connectivity index (χ0n) is 21.3. The Balaban J connectivity index is 1.50. The Kier molecular flexibility index (Phi) is 9.25. The molecule has 0 bridgehead atoms. The molecule has 2 aromatic carbocycles. The number of carbonyl (C=O) groups is 2. The Morgan fingerprint density at radius 2 is 1.85 bits per heavy atom. The van der Waals surface area contributed by atoms with E-state index in [-0.39, 0.29) is 61.2 Å². The standard InChI is InChI=1S/C28H28Cl2F3N3O3/c1-39-13-12-35(17-23-6-3-11-34(23)16-19-4-2-5-20(14-19)28(31,32)33)26(37)18-36(22-8-9-22)27(38)24-10-7-21(29)15-25(24)30/h2-7,10-11,14-15,22H,8-9,12-13,16-18H2,1H3. The van der Waals surface area contributed by atoms with E-state index in [2.05, 4.69) is 0 Å². The molecular formula is C28H28Cl2F3N3O3. The number of halogens is 5. The molecule has 3 aromatic rings. The molecule has 1 fully saturated rings. The van der Waals surface area contributed by atoms with E-state index in [0.717, 1.165) is 30.7 Å². The van der Waals surface area contributed by atoms with Gasteiger partial charge in [0.15, 0.2) is 0 Å². The van der Waals surface area contributed by atoms with Crippen LogP contribution in [0.15, 0.2) is 60.8 Å². The molecular weight excluding hydrogens is 554 g/mol. The predicted molar refractivity (Wildman–Crippen MR) is 143 cm³/mol. The molecule has 1 heterocycles. The largest absolute Gasteiger partial charge is 0.416 e. The number of hydrogen-bond donors (Lipinski definition) is 0. The third-order valence-electron chi connectivity index (χ3n) is 6.52. The highest BCUT2D eigenvalue weighted by Gasteiger charge is 2.36. The van der Waals surface area contributed by atoms with E-state index in [1.54, 1.807) is 44.8 Å². The van der Waals surface area contributed by atoms with Gasteiger partial charge in [0.1, 0.15) is 6.54 Å². The summed E-state index contributed by atoms with van der Waals surface area (Å²) in [5.41, 5.74) is 0.791. The minimum atomic E-state index is -4.43. The summed E-state index contributed by atoms with van der Waals surface area (Å²) in [6.45, 7) is 0.822. The number of methoxy groups -OCH3 is 1. The van der Waals surface area contributed by atoms with Gasteiger partial charge in [0.2, 0.25) is 5.91 Å². The number of aromatic nitrogens is 1. The van der Waals surface area contributed by atoms with Gasteiger partial charge < -0.3 is 19.1 Å². The number of ether oxygens (including phenoxy) is 1. The maximum absolute atomic E-state index is 13.5. The van der Waals surface area contributed by atoms with Crippen LogP contribution in [0.3, 0.4) is 0 Å². The summed E-state index contributed by atoms with van der Waals surface area (Å²) in [5, 5.41) is 0.624. The minimum Gasteiger partial charge on any atom is -0.383 e. The van der Waals surface area contributed by atoms with Crippen LogP contribution in [-0.4, -0.2) is 59.0 Å². The van der Waals surface area contributed by atoms with Crippen molar-refractivity contribution < 1.29 is 27.5 Å². The predicted octanol–water partition coefficient (Wildman–Crippen LogP) is 6.14. The molecule has 4 rings (SSSR count). The Morgan fingerprint density at radius 3 is 2.51 bits per heavy atom. The van der Waals surface area contributed by atoms with Crippen LogP contribution in [0.4, 0.5) is 13.2 Å². The van der Waals surface area contributed by atoms with Gasteiger partial charge in [-0.25, -0.2) is 0 Å². The van der Waals surface area contributed by atoms with Gasteiger partial charge in [0.25, 0.3) is 5.91 Å². The number of benzene rings is 2. The SMILES string of the molecule is COCCN(Cc1cccn1Cc1cccc(C(F)(F)F)c1)C(=O)CN(C(=O)c1ccc(Cl)cc1Cl)C1CC1. The van der Waals surface area contributed by atoms with Crippen LogP contribution in [0.1, 0.15) is 40.0 Å². The molecule has 1 aromatic heterocycles.